The monoisotopic (exact) mass is 324 g/mol. The van der Waals surface area contributed by atoms with E-state index in [-0.39, 0.29) is 12.1 Å². The average molecular weight is 325 g/mol. The van der Waals surface area contributed by atoms with Gasteiger partial charge in [-0.25, -0.2) is 4.98 Å². The smallest absolute Gasteiger partial charge is 0.240 e. The largest absolute Gasteiger partial charge is 0.358 e. The molecule has 5 heteroatoms. The Labute approximate surface area is 121 Å². The molecule has 2 aliphatic rings. The van der Waals surface area contributed by atoms with Crippen molar-refractivity contribution in [1.82, 2.24) is 4.98 Å². The molecule has 0 aromatic carbocycles. The molecule has 1 amide bonds. The van der Waals surface area contributed by atoms with E-state index in [1.807, 2.05) is 26.0 Å². The number of rotatable bonds is 1. The highest BCUT2D eigenvalue weighted by molar-refractivity contribution is 9.10. The van der Waals surface area contributed by atoms with Crippen LogP contribution in [0.25, 0.3) is 0 Å². The Balaban J connectivity index is 2.05. The maximum absolute atomic E-state index is 12.7. The summed E-state index contributed by atoms with van der Waals surface area (Å²) in [4.78, 5) is 19.0. The summed E-state index contributed by atoms with van der Waals surface area (Å²) in [5.74, 6) is 0.0833. The molecule has 1 unspecified atom stereocenters. The van der Waals surface area contributed by atoms with Crippen LogP contribution >= 0.6 is 15.9 Å². The van der Waals surface area contributed by atoms with Gasteiger partial charge in [-0.2, -0.15) is 0 Å². The molecule has 1 aromatic heterocycles. The zero-order valence-corrected chi connectivity index (χ0v) is 12.7. The fourth-order valence-electron chi connectivity index (χ4n) is 2.81. The van der Waals surface area contributed by atoms with Crippen molar-refractivity contribution in [2.75, 3.05) is 11.5 Å². The zero-order chi connectivity index (χ0) is 13.6. The fraction of sp³-hybridized carbons (Fsp3) is 0.571. The van der Waals surface area contributed by atoms with Gasteiger partial charge in [0.2, 0.25) is 5.91 Å². The lowest BCUT2D eigenvalue weighted by Gasteiger charge is -2.32. The van der Waals surface area contributed by atoms with Crippen molar-refractivity contribution < 1.29 is 9.53 Å². The lowest BCUT2D eigenvalue weighted by molar-refractivity contribution is -0.125. The van der Waals surface area contributed by atoms with E-state index in [2.05, 4.69) is 20.9 Å². The molecule has 0 spiro atoms. The van der Waals surface area contributed by atoms with Gasteiger partial charge in [-0.15, -0.1) is 0 Å². The SMILES string of the molecule is CC1(C)C(=O)N(C2CCCCO2)c2ccc(Br)nc21. The summed E-state index contributed by atoms with van der Waals surface area (Å²) in [5, 5.41) is 0. The number of nitrogens with zero attached hydrogens (tertiary/aromatic N) is 2. The number of hydrogen-bond acceptors (Lipinski definition) is 3. The van der Waals surface area contributed by atoms with Crippen molar-refractivity contribution in [1.29, 1.82) is 0 Å². The van der Waals surface area contributed by atoms with Gasteiger partial charge < -0.3 is 4.74 Å². The van der Waals surface area contributed by atoms with E-state index in [0.29, 0.717) is 0 Å². The lowest BCUT2D eigenvalue weighted by atomic mass is 9.90. The van der Waals surface area contributed by atoms with Gasteiger partial charge in [-0.1, -0.05) is 0 Å². The highest BCUT2D eigenvalue weighted by atomic mass is 79.9. The summed E-state index contributed by atoms with van der Waals surface area (Å²) in [6.45, 7) is 4.58. The molecule has 0 radical (unpaired) electrons. The van der Waals surface area contributed by atoms with Crippen molar-refractivity contribution in [3.63, 3.8) is 0 Å². The van der Waals surface area contributed by atoms with Gasteiger partial charge in [-0.3, -0.25) is 9.69 Å². The Morgan fingerprint density at radius 3 is 2.89 bits per heavy atom. The molecule has 1 fully saturated rings. The van der Waals surface area contributed by atoms with E-state index in [0.717, 1.165) is 41.9 Å². The molecule has 2 aliphatic heterocycles. The predicted molar refractivity (Wildman–Crippen MR) is 76.0 cm³/mol. The molecule has 3 heterocycles. The summed E-state index contributed by atoms with van der Waals surface area (Å²) in [6.07, 6.45) is 2.95. The van der Waals surface area contributed by atoms with Crippen LogP contribution < -0.4 is 4.90 Å². The second kappa shape index (κ2) is 4.56. The van der Waals surface area contributed by atoms with Crippen LogP contribution in [0.5, 0.6) is 0 Å². The van der Waals surface area contributed by atoms with E-state index < -0.39 is 5.41 Å². The first-order valence-corrected chi connectivity index (χ1v) is 7.43. The Bertz CT molecular complexity index is 524. The topological polar surface area (TPSA) is 42.4 Å². The van der Waals surface area contributed by atoms with Crippen LogP contribution in [0.3, 0.4) is 0 Å². The van der Waals surface area contributed by atoms with Gasteiger partial charge in [0.05, 0.1) is 16.8 Å². The third-order valence-corrected chi connectivity index (χ3v) is 4.33. The van der Waals surface area contributed by atoms with E-state index in [9.17, 15) is 4.79 Å². The van der Waals surface area contributed by atoms with Crippen LogP contribution in [-0.2, 0) is 14.9 Å². The summed E-state index contributed by atoms with van der Waals surface area (Å²) < 4.78 is 6.54. The van der Waals surface area contributed by atoms with Crippen molar-refractivity contribution in [2.24, 2.45) is 0 Å². The van der Waals surface area contributed by atoms with Crippen LogP contribution in [0.15, 0.2) is 16.7 Å². The van der Waals surface area contributed by atoms with Crippen LogP contribution in [0, 0.1) is 0 Å². The van der Waals surface area contributed by atoms with E-state index in [1.165, 1.54) is 0 Å². The molecule has 0 bridgehead atoms. The number of hydrogen-bond donors (Lipinski definition) is 0. The van der Waals surface area contributed by atoms with Crippen molar-refractivity contribution in [3.8, 4) is 0 Å². The molecule has 0 saturated carbocycles. The van der Waals surface area contributed by atoms with Crippen molar-refractivity contribution in [3.05, 3.63) is 22.4 Å². The molecule has 1 atom stereocenters. The number of amides is 1. The summed E-state index contributed by atoms with van der Waals surface area (Å²) in [7, 11) is 0. The third kappa shape index (κ3) is 1.99. The van der Waals surface area contributed by atoms with Crippen LogP contribution in [0.2, 0.25) is 0 Å². The Morgan fingerprint density at radius 1 is 1.42 bits per heavy atom. The maximum atomic E-state index is 12.7. The summed E-state index contributed by atoms with van der Waals surface area (Å²) >= 11 is 3.38. The predicted octanol–water partition coefficient (Wildman–Crippen LogP) is 2.99. The quantitative estimate of drug-likeness (QED) is 0.746. The molecular formula is C14H17BrN2O2. The Morgan fingerprint density at radius 2 is 2.21 bits per heavy atom. The minimum absolute atomic E-state index is 0.0833. The standard InChI is InChI=1S/C14H17BrN2O2/c1-14(2)12-9(6-7-10(15)16-12)17(13(14)18)11-5-3-4-8-19-11/h6-7,11H,3-5,8H2,1-2H3. The molecule has 1 aromatic rings. The van der Waals surface area contributed by atoms with Gasteiger partial charge >= 0.3 is 0 Å². The normalized spacial score (nSPS) is 25.5. The number of halogens is 1. The highest BCUT2D eigenvalue weighted by Crippen LogP contribution is 2.43. The van der Waals surface area contributed by atoms with Crippen LogP contribution in [0.4, 0.5) is 5.69 Å². The Hall–Kier alpha value is -0.940. The molecule has 1 saturated heterocycles. The van der Waals surface area contributed by atoms with E-state index in [1.54, 1.807) is 4.90 Å². The molecule has 19 heavy (non-hydrogen) atoms. The number of anilines is 1. The number of pyridine rings is 1. The van der Waals surface area contributed by atoms with Crippen molar-refractivity contribution in [2.45, 2.75) is 44.8 Å². The Kier molecular flexibility index (Phi) is 3.14. The summed E-state index contributed by atoms with van der Waals surface area (Å²) in [6, 6.07) is 3.83. The molecule has 3 rings (SSSR count). The third-order valence-electron chi connectivity index (χ3n) is 3.89. The van der Waals surface area contributed by atoms with E-state index in [4.69, 9.17) is 4.74 Å². The van der Waals surface area contributed by atoms with Gasteiger partial charge in [0, 0.05) is 6.61 Å². The number of carbonyl (C=O) groups excluding carboxylic acids is 1. The fourth-order valence-corrected chi connectivity index (χ4v) is 3.12. The first-order valence-electron chi connectivity index (χ1n) is 6.64. The zero-order valence-electron chi connectivity index (χ0n) is 11.1. The lowest BCUT2D eigenvalue weighted by Crippen LogP contribution is -2.45. The molecule has 0 aliphatic carbocycles. The average Bonchev–Trinajstić information content (AvgIpc) is 2.59. The van der Waals surface area contributed by atoms with Gasteiger partial charge in [-0.05, 0) is 61.2 Å². The first kappa shape index (κ1) is 13.1. The number of ether oxygens (including phenoxy) is 1. The second-order valence-electron chi connectivity index (χ2n) is 5.62. The number of carbonyl (C=O) groups is 1. The van der Waals surface area contributed by atoms with Gasteiger partial charge in [0.1, 0.15) is 10.8 Å². The van der Waals surface area contributed by atoms with E-state index >= 15 is 0 Å². The molecule has 4 nitrogen and oxygen atoms in total. The molecule has 102 valence electrons. The maximum Gasteiger partial charge on any atom is 0.240 e. The minimum atomic E-state index is -0.583. The first-order chi connectivity index (χ1) is 9.01. The molecular weight excluding hydrogens is 308 g/mol. The van der Waals surface area contributed by atoms with Crippen LogP contribution in [-0.4, -0.2) is 23.7 Å². The summed E-state index contributed by atoms with van der Waals surface area (Å²) in [5.41, 5.74) is 1.14. The minimum Gasteiger partial charge on any atom is -0.358 e. The van der Waals surface area contributed by atoms with Gasteiger partial charge in [0.25, 0.3) is 0 Å². The van der Waals surface area contributed by atoms with Gasteiger partial charge in [0.15, 0.2) is 0 Å². The van der Waals surface area contributed by atoms with Crippen molar-refractivity contribution >= 4 is 27.5 Å². The second-order valence-corrected chi connectivity index (χ2v) is 6.44. The van der Waals surface area contributed by atoms with Crippen LogP contribution in [0.1, 0.15) is 38.8 Å². The number of aromatic nitrogens is 1. The number of fused-ring (bicyclic) bond motifs is 1. The molecule has 0 N–H and O–H groups in total. The highest BCUT2D eigenvalue weighted by Gasteiger charge is 2.48.